The summed E-state index contributed by atoms with van der Waals surface area (Å²) >= 11 is 0. The summed E-state index contributed by atoms with van der Waals surface area (Å²) in [6.45, 7) is 0. The van der Waals surface area contributed by atoms with Crippen LogP contribution in [0.4, 0.5) is 34.1 Å². The zero-order chi connectivity index (χ0) is 45.2. The minimum absolute atomic E-state index is 0.811. The second-order valence-corrected chi connectivity index (χ2v) is 16.8. The molecule has 0 amide bonds. The van der Waals surface area contributed by atoms with E-state index in [1.165, 1.54) is 0 Å². The van der Waals surface area contributed by atoms with Gasteiger partial charge in [-0.05, 0) is 156 Å². The van der Waals surface area contributed by atoms with E-state index in [2.05, 4.69) is 237 Å². The Bertz CT molecular complexity index is 3500. The van der Waals surface area contributed by atoms with Gasteiger partial charge >= 0.3 is 0 Å². The predicted molar refractivity (Wildman–Crippen MR) is 280 cm³/mol. The number of pyridine rings is 2. The van der Waals surface area contributed by atoms with E-state index in [1.54, 1.807) is 0 Å². The third-order valence-electron chi connectivity index (χ3n) is 12.5. The molecule has 12 aromatic rings. The molecule has 0 bridgehead atoms. The van der Waals surface area contributed by atoms with E-state index in [1.807, 2.05) is 49.1 Å². The highest BCUT2D eigenvalue weighted by Crippen LogP contribution is 2.42. The Morgan fingerprint density at radius 2 is 0.794 bits per heavy atom. The molecule has 6 nitrogen and oxygen atoms in total. The Morgan fingerprint density at radius 1 is 0.338 bits per heavy atom. The van der Waals surface area contributed by atoms with Gasteiger partial charge in [0, 0.05) is 92.1 Å². The van der Waals surface area contributed by atoms with E-state index >= 15 is 0 Å². The van der Waals surface area contributed by atoms with Gasteiger partial charge < -0.3 is 18.8 Å². The standard InChI is InChI=1S/C62H43N5O/c1-5-17-52(18-6-1)65(53-19-7-2-8-20-53)56-29-25-44(26-30-56)59-38-50-40-62-51(39-60(50)67(59)58-36-48(46-15-13-33-63-42-46)35-49(37-58)47-16-14-34-64-43-47)41-61(68-62)45-27-31-57(32-28-45)66(54-21-9-3-10-22-54)55-23-11-4-12-24-55/h1-43H. The molecule has 12 rings (SSSR count). The first kappa shape index (κ1) is 40.3. The molecular formula is C62H43N5O. The van der Waals surface area contributed by atoms with Crippen LogP contribution in [0.2, 0.25) is 0 Å². The number of rotatable bonds is 11. The molecule has 4 heterocycles. The van der Waals surface area contributed by atoms with Crippen LogP contribution in [0.25, 0.3) is 72.4 Å². The van der Waals surface area contributed by atoms with E-state index in [0.717, 1.165) is 107 Å². The van der Waals surface area contributed by atoms with Crippen molar-refractivity contribution in [2.24, 2.45) is 0 Å². The van der Waals surface area contributed by atoms with Gasteiger partial charge in [-0.1, -0.05) is 97.1 Å². The maximum Gasteiger partial charge on any atom is 0.135 e. The summed E-state index contributed by atoms with van der Waals surface area (Å²) in [5.41, 5.74) is 16.8. The van der Waals surface area contributed by atoms with Crippen molar-refractivity contribution in [3.05, 3.63) is 261 Å². The van der Waals surface area contributed by atoms with Crippen molar-refractivity contribution >= 4 is 56.0 Å². The maximum absolute atomic E-state index is 6.73. The van der Waals surface area contributed by atoms with E-state index in [0.29, 0.717) is 0 Å². The zero-order valence-corrected chi connectivity index (χ0v) is 37.0. The summed E-state index contributed by atoms with van der Waals surface area (Å²) in [7, 11) is 0. The summed E-state index contributed by atoms with van der Waals surface area (Å²) in [5.74, 6) is 0.811. The molecule has 0 fully saturated rings. The summed E-state index contributed by atoms with van der Waals surface area (Å²) in [6.07, 6.45) is 7.48. The van der Waals surface area contributed by atoms with Gasteiger partial charge in [0.05, 0.1) is 11.2 Å². The molecule has 0 saturated heterocycles. The summed E-state index contributed by atoms with van der Waals surface area (Å²) < 4.78 is 9.12. The molecule has 0 saturated carbocycles. The third kappa shape index (κ3) is 7.76. The molecule has 0 unspecified atom stereocenters. The van der Waals surface area contributed by atoms with Crippen molar-refractivity contribution in [1.82, 2.24) is 14.5 Å². The molecule has 6 heteroatoms. The van der Waals surface area contributed by atoms with Crippen molar-refractivity contribution in [3.8, 4) is 50.5 Å². The van der Waals surface area contributed by atoms with Gasteiger partial charge in [0.2, 0.25) is 0 Å². The number of benzene rings is 8. The van der Waals surface area contributed by atoms with Crippen LogP contribution < -0.4 is 9.80 Å². The first-order chi connectivity index (χ1) is 33.7. The second kappa shape index (κ2) is 17.6. The molecule has 4 aromatic heterocycles. The Hall–Kier alpha value is -9.26. The molecule has 0 atom stereocenters. The molecule has 0 N–H and O–H groups in total. The highest BCUT2D eigenvalue weighted by atomic mass is 16.3. The number of furan rings is 1. The molecular weight excluding hydrogens is 831 g/mol. The quantitative estimate of drug-likeness (QED) is 0.130. The maximum atomic E-state index is 6.73. The van der Waals surface area contributed by atoms with Crippen LogP contribution >= 0.6 is 0 Å². The number of hydrogen-bond acceptors (Lipinski definition) is 5. The van der Waals surface area contributed by atoms with Gasteiger partial charge in [-0.3, -0.25) is 9.97 Å². The average molecular weight is 874 g/mol. The lowest BCUT2D eigenvalue weighted by atomic mass is 9.99. The summed E-state index contributed by atoms with van der Waals surface area (Å²) in [5, 5.41) is 2.09. The van der Waals surface area contributed by atoms with Gasteiger partial charge in [0.25, 0.3) is 0 Å². The number of aromatic nitrogens is 3. The summed E-state index contributed by atoms with van der Waals surface area (Å²) in [4.78, 5) is 13.6. The fourth-order valence-corrected chi connectivity index (χ4v) is 9.27. The van der Waals surface area contributed by atoms with Crippen LogP contribution in [0.5, 0.6) is 0 Å². The first-order valence-electron chi connectivity index (χ1n) is 22.8. The topological polar surface area (TPSA) is 50.3 Å². The molecule has 0 aliphatic heterocycles. The molecule has 68 heavy (non-hydrogen) atoms. The molecule has 0 aliphatic rings. The van der Waals surface area contributed by atoms with E-state index in [4.69, 9.17) is 4.42 Å². The van der Waals surface area contributed by atoms with Gasteiger partial charge in [-0.25, -0.2) is 0 Å². The van der Waals surface area contributed by atoms with Crippen molar-refractivity contribution in [2.75, 3.05) is 9.80 Å². The monoisotopic (exact) mass is 873 g/mol. The lowest BCUT2D eigenvalue weighted by Crippen LogP contribution is -2.09. The minimum atomic E-state index is 0.811. The van der Waals surface area contributed by atoms with Gasteiger partial charge in [-0.15, -0.1) is 0 Å². The van der Waals surface area contributed by atoms with Crippen LogP contribution in [0, 0.1) is 0 Å². The Morgan fingerprint density at radius 3 is 1.25 bits per heavy atom. The van der Waals surface area contributed by atoms with Gasteiger partial charge in [0.1, 0.15) is 11.3 Å². The number of nitrogens with zero attached hydrogens (tertiary/aromatic N) is 5. The fraction of sp³-hybridized carbons (Fsp3) is 0. The predicted octanol–water partition coefficient (Wildman–Crippen LogP) is 16.8. The molecule has 8 aromatic carbocycles. The Kier molecular flexibility index (Phi) is 10.4. The second-order valence-electron chi connectivity index (χ2n) is 16.8. The Labute approximate surface area is 394 Å². The van der Waals surface area contributed by atoms with Gasteiger partial charge in [-0.2, -0.15) is 0 Å². The number of para-hydroxylation sites is 4. The largest absolute Gasteiger partial charge is 0.456 e. The molecule has 0 radical (unpaired) electrons. The number of hydrogen-bond donors (Lipinski definition) is 0. The van der Waals surface area contributed by atoms with E-state index in [-0.39, 0.29) is 0 Å². The lowest BCUT2D eigenvalue weighted by Gasteiger charge is -2.25. The van der Waals surface area contributed by atoms with Crippen molar-refractivity contribution < 1.29 is 4.42 Å². The SMILES string of the molecule is c1ccc(N(c2ccccc2)c2ccc(-c3cc4cc5c(cc(-c6ccc(N(c7ccccc7)c7ccccc7)cc6)n5-c5cc(-c6cccnc6)cc(-c6cccnc6)c5)cc4o3)cc2)cc1. The fourth-order valence-electron chi connectivity index (χ4n) is 9.27. The highest BCUT2D eigenvalue weighted by molar-refractivity contribution is 6.00. The molecule has 0 spiro atoms. The smallest absolute Gasteiger partial charge is 0.135 e. The Balaban J connectivity index is 0.994. The van der Waals surface area contributed by atoms with E-state index < -0.39 is 0 Å². The van der Waals surface area contributed by atoms with Crippen LogP contribution in [0.1, 0.15) is 0 Å². The molecule has 322 valence electrons. The third-order valence-corrected chi connectivity index (χ3v) is 12.5. The normalized spacial score (nSPS) is 11.2. The first-order valence-corrected chi connectivity index (χ1v) is 22.8. The highest BCUT2D eigenvalue weighted by Gasteiger charge is 2.20. The number of anilines is 6. The van der Waals surface area contributed by atoms with Crippen molar-refractivity contribution in [2.45, 2.75) is 0 Å². The van der Waals surface area contributed by atoms with Crippen LogP contribution in [0.15, 0.2) is 266 Å². The average Bonchev–Trinajstić information content (AvgIpc) is 4.01. The van der Waals surface area contributed by atoms with E-state index in [9.17, 15) is 0 Å². The van der Waals surface area contributed by atoms with Crippen LogP contribution in [0.3, 0.4) is 0 Å². The minimum Gasteiger partial charge on any atom is -0.456 e. The number of fused-ring (bicyclic) bond motifs is 2. The van der Waals surface area contributed by atoms with Gasteiger partial charge in [0.15, 0.2) is 0 Å². The molecule has 0 aliphatic carbocycles. The zero-order valence-electron chi connectivity index (χ0n) is 37.0. The van der Waals surface area contributed by atoms with Crippen molar-refractivity contribution in [1.29, 1.82) is 0 Å². The van der Waals surface area contributed by atoms with Crippen LogP contribution in [-0.2, 0) is 0 Å². The van der Waals surface area contributed by atoms with Crippen molar-refractivity contribution in [3.63, 3.8) is 0 Å². The van der Waals surface area contributed by atoms with Crippen LogP contribution in [-0.4, -0.2) is 14.5 Å². The summed E-state index contributed by atoms with van der Waals surface area (Å²) in [6, 6.07) is 83.3. The lowest BCUT2D eigenvalue weighted by molar-refractivity contribution is 0.632.